The highest BCUT2D eigenvalue weighted by Gasteiger charge is 2.51. The SMILES string of the molecule is C[C@@H](c1ccccn1)[C@@H]1COc2cc(-c3ccccc3C(=O)NS(=O)(=O)C3(C)CC3)ccc2[C@H]1O. The smallest absolute Gasteiger partial charge is 0.265 e. The fraction of sp³-hybridized carbons (Fsp3) is 0.333. The van der Waals surface area contributed by atoms with Gasteiger partial charge in [-0.1, -0.05) is 43.3 Å². The lowest BCUT2D eigenvalue weighted by molar-refractivity contribution is 0.0379. The van der Waals surface area contributed by atoms with E-state index in [2.05, 4.69) is 9.71 Å². The van der Waals surface area contributed by atoms with Crippen LogP contribution in [-0.4, -0.2) is 35.8 Å². The zero-order valence-electron chi connectivity index (χ0n) is 19.6. The van der Waals surface area contributed by atoms with E-state index in [-0.39, 0.29) is 17.4 Å². The average molecular weight is 493 g/mol. The first kappa shape index (κ1) is 23.5. The average Bonchev–Trinajstić information content (AvgIpc) is 3.63. The minimum absolute atomic E-state index is 0.00118. The number of carbonyl (C=O) groups excluding carboxylic acids is 1. The van der Waals surface area contributed by atoms with Gasteiger partial charge in [-0.25, -0.2) is 13.1 Å². The van der Waals surface area contributed by atoms with Gasteiger partial charge >= 0.3 is 0 Å². The van der Waals surface area contributed by atoms with E-state index < -0.39 is 26.8 Å². The Labute approximate surface area is 205 Å². The molecule has 1 aliphatic carbocycles. The molecule has 2 aliphatic rings. The van der Waals surface area contributed by atoms with Crippen molar-refractivity contribution in [3.63, 3.8) is 0 Å². The first-order valence-electron chi connectivity index (χ1n) is 11.7. The minimum atomic E-state index is -3.75. The van der Waals surface area contributed by atoms with E-state index in [1.165, 1.54) is 0 Å². The van der Waals surface area contributed by atoms with Crippen LogP contribution in [0.1, 0.15) is 60.3 Å². The van der Waals surface area contributed by atoms with Gasteiger partial charge in [0, 0.05) is 34.9 Å². The fourth-order valence-corrected chi connectivity index (χ4v) is 5.78. The van der Waals surface area contributed by atoms with Crippen molar-refractivity contribution >= 4 is 15.9 Å². The maximum atomic E-state index is 13.0. The molecule has 0 saturated heterocycles. The Balaban J connectivity index is 1.41. The Bertz CT molecular complexity index is 1370. The first-order valence-corrected chi connectivity index (χ1v) is 13.2. The van der Waals surface area contributed by atoms with E-state index >= 15 is 0 Å². The Morgan fingerprint density at radius 2 is 1.89 bits per heavy atom. The van der Waals surface area contributed by atoms with E-state index in [1.807, 2.05) is 37.3 Å². The van der Waals surface area contributed by atoms with Crippen LogP contribution >= 0.6 is 0 Å². The van der Waals surface area contributed by atoms with Crippen molar-refractivity contribution in [1.82, 2.24) is 9.71 Å². The number of aliphatic hydroxyl groups is 1. The highest BCUT2D eigenvalue weighted by atomic mass is 32.2. The minimum Gasteiger partial charge on any atom is -0.493 e. The predicted octanol–water partition coefficient (Wildman–Crippen LogP) is 4.21. The molecule has 1 aliphatic heterocycles. The van der Waals surface area contributed by atoms with Crippen molar-refractivity contribution in [3.8, 4) is 16.9 Å². The van der Waals surface area contributed by atoms with Crippen molar-refractivity contribution in [3.05, 3.63) is 83.7 Å². The summed E-state index contributed by atoms with van der Waals surface area (Å²) >= 11 is 0. The molecule has 2 aromatic carbocycles. The number of nitrogens with one attached hydrogen (secondary N) is 1. The molecular formula is C27H28N2O5S. The maximum absolute atomic E-state index is 13.0. The van der Waals surface area contributed by atoms with Gasteiger partial charge in [-0.2, -0.15) is 0 Å². The standard InChI is InChI=1S/C27H28N2O5S/c1-17(23-9-5-6-14-28-23)22-16-34-24-15-18(10-11-21(24)25(22)30)19-7-3-4-8-20(19)26(31)29-35(32,33)27(2)12-13-27/h3-11,14-15,17,22,25,30H,12-13,16H2,1-2H3,(H,29,31)/t17-,22+,25-/m1/s1. The molecule has 0 spiro atoms. The monoisotopic (exact) mass is 492 g/mol. The van der Waals surface area contributed by atoms with Crippen molar-refractivity contribution in [2.45, 2.75) is 43.5 Å². The third-order valence-corrected chi connectivity index (χ3v) is 9.44. The number of aliphatic hydroxyl groups excluding tert-OH is 1. The zero-order valence-corrected chi connectivity index (χ0v) is 20.5. The van der Waals surface area contributed by atoms with Crippen LogP contribution in [0, 0.1) is 5.92 Å². The van der Waals surface area contributed by atoms with Crippen LogP contribution in [0.2, 0.25) is 0 Å². The number of carbonyl (C=O) groups is 1. The van der Waals surface area contributed by atoms with Crippen LogP contribution in [0.3, 0.4) is 0 Å². The van der Waals surface area contributed by atoms with Crippen LogP contribution < -0.4 is 9.46 Å². The van der Waals surface area contributed by atoms with E-state index in [9.17, 15) is 18.3 Å². The van der Waals surface area contributed by atoms with Gasteiger partial charge in [-0.05, 0) is 55.2 Å². The molecular weight excluding hydrogens is 464 g/mol. The summed E-state index contributed by atoms with van der Waals surface area (Å²) in [5.74, 6) is -0.265. The Morgan fingerprint density at radius 1 is 1.14 bits per heavy atom. The van der Waals surface area contributed by atoms with E-state index in [1.54, 1.807) is 43.5 Å². The number of rotatable bonds is 6. The van der Waals surface area contributed by atoms with Crippen molar-refractivity contribution in [2.24, 2.45) is 5.92 Å². The Hall–Kier alpha value is -3.23. The van der Waals surface area contributed by atoms with E-state index in [0.29, 0.717) is 41.9 Å². The second-order valence-corrected chi connectivity index (χ2v) is 11.8. The summed E-state index contributed by atoms with van der Waals surface area (Å²) < 4.78 is 32.6. The van der Waals surface area contributed by atoms with Crippen molar-refractivity contribution < 1.29 is 23.1 Å². The van der Waals surface area contributed by atoms with Gasteiger partial charge in [0.25, 0.3) is 5.91 Å². The van der Waals surface area contributed by atoms with Crippen LogP contribution in [0.25, 0.3) is 11.1 Å². The largest absolute Gasteiger partial charge is 0.493 e. The summed E-state index contributed by atoms with van der Waals surface area (Å²) in [5.41, 5.74) is 3.13. The molecule has 0 radical (unpaired) electrons. The number of pyridine rings is 1. The van der Waals surface area contributed by atoms with Gasteiger partial charge in [0.2, 0.25) is 10.0 Å². The van der Waals surface area contributed by atoms with Gasteiger partial charge in [-0.3, -0.25) is 9.78 Å². The fourth-order valence-electron chi connectivity index (χ4n) is 4.54. The number of sulfonamides is 1. The molecule has 35 heavy (non-hydrogen) atoms. The van der Waals surface area contributed by atoms with Crippen LogP contribution in [0.4, 0.5) is 0 Å². The van der Waals surface area contributed by atoms with Crippen LogP contribution in [0.5, 0.6) is 5.75 Å². The lowest BCUT2D eigenvalue weighted by atomic mass is 9.81. The van der Waals surface area contributed by atoms with Gasteiger partial charge in [0.05, 0.1) is 17.5 Å². The predicted molar refractivity (Wildman–Crippen MR) is 132 cm³/mol. The van der Waals surface area contributed by atoms with Crippen LogP contribution in [0.15, 0.2) is 66.9 Å². The van der Waals surface area contributed by atoms with Crippen LogP contribution in [-0.2, 0) is 10.0 Å². The Kier molecular flexibility index (Phi) is 5.89. The molecule has 7 nitrogen and oxygen atoms in total. The molecule has 2 heterocycles. The number of fused-ring (bicyclic) bond motifs is 1. The van der Waals surface area contributed by atoms with E-state index in [0.717, 1.165) is 5.69 Å². The number of ether oxygens (including phenoxy) is 1. The molecule has 0 unspecified atom stereocenters. The molecule has 0 bridgehead atoms. The number of hydrogen-bond acceptors (Lipinski definition) is 6. The highest BCUT2D eigenvalue weighted by molar-refractivity contribution is 7.91. The van der Waals surface area contributed by atoms with Gasteiger partial charge < -0.3 is 9.84 Å². The van der Waals surface area contributed by atoms with Crippen molar-refractivity contribution in [1.29, 1.82) is 0 Å². The van der Waals surface area contributed by atoms with Gasteiger partial charge in [0.15, 0.2) is 0 Å². The first-order chi connectivity index (χ1) is 16.7. The Morgan fingerprint density at radius 3 is 2.60 bits per heavy atom. The van der Waals surface area contributed by atoms with Gasteiger partial charge in [0.1, 0.15) is 5.75 Å². The maximum Gasteiger partial charge on any atom is 0.265 e. The summed E-state index contributed by atoms with van der Waals surface area (Å²) in [4.78, 5) is 17.4. The third kappa shape index (κ3) is 4.32. The summed E-state index contributed by atoms with van der Waals surface area (Å²) in [6.07, 6.45) is 2.10. The van der Waals surface area contributed by atoms with Crippen molar-refractivity contribution in [2.75, 3.05) is 6.61 Å². The number of amides is 1. The molecule has 1 aromatic heterocycles. The molecule has 1 fully saturated rings. The molecule has 1 saturated carbocycles. The highest BCUT2D eigenvalue weighted by Crippen LogP contribution is 2.44. The number of aromatic nitrogens is 1. The number of hydrogen-bond donors (Lipinski definition) is 2. The lowest BCUT2D eigenvalue weighted by Crippen LogP contribution is -2.38. The molecule has 5 rings (SSSR count). The number of nitrogens with zero attached hydrogens (tertiary/aromatic N) is 1. The van der Waals surface area contributed by atoms with Gasteiger partial charge in [-0.15, -0.1) is 0 Å². The normalized spacial score (nSPS) is 21.3. The van der Waals surface area contributed by atoms with E-state index in [4.69, 9.17) is 4.74 Å². The second kappa shape index (κ2) is 8.77. The summed E-state index contributed by atoms with van der Waals surface area (Å²) in [7, 11) is -3.75. The zero-order chi connectivity index (χ0) is 24.8. The lowest BCUT2D eigenvalue weighted by Gasteiger charge is -2.34. The summed E-state index contributed by atoms with van der Waals surface area (Å²) in [5, 5.41) is 11.1. The number of benzene rings is 2. The molecule has 8 heteroatoms. The molecule has 3 aromatic rings. The topological polar surface area (TPSA) is 106 Å². The molecule has 3 atom stereocenters. The summed E-state index contributed by atoms with van der Waals surface area (Å²) in [6, 6.07) is 18.0. The molecule has 1 amide bonds. The molecule has 182 valence electrons. The third-order valence-electron chi connectivity index (χ3n) is 7.28. The molecule has 2 N–H and O–H groups in total. The summed E-state index contributed by atoms with van der Waals surface area (Å²) in [6.45, 7) is 4.00. The quantitative estimate of drug-likeness (QED) is 0.534. The second-order valence-electron chi connectivity index (χ2n) is 9.65.